The molecule has 0 bridgehead atoms. The van der Waals surface area contributed by atoms with Crippen LogP contribution in [0.2, 0.25) is 0 Å². The van der Waals surface area contributed by atoms with Crippen LogP contribution in [-0.2, 0) is 5.75 Å². The van der Waals surface area contributed by atoms with E-state index in [1.54, 1.807) is 11.3 Å². The number of hydrogen-bond acceptors (Lipinski definition) is 4. The Balaban J connectivity index is 2.43. The summed E-state index contributed by atoms with van der Waals surface area (Å²) in [5.74, 6) is 1.57. The summed E-state index contributed by atoms with van der Waals surface area (Å²) in [7, 11) is 0. The molecule has 0 fully saturated rings. The summed E-state index contributed by atoms with van der Waals surface area (Å²) in [5.41, 5.74) is 1.24. The monoisotopic (exact) mass is 258 g/mol. The van der Waals surface area contributed by atoms with E-state index in [0.29, 0.717) is 11.2 Å². The van der Waals surface area contributed by atoms with Crippen LogP contribution in [0.5, 0.6) is 0 Å². The maximum atomic E-state index is 4.69. The van der Waals surface area contributed by atoms with Gasteiger partial charge in [0.25, 0.3) is 0 Å². The fourth-order valence-corrected chi connectivity index (χ4v) is 3.04. The molecular formula is C12H22N2S2. The molecule has 2 nitrogen and oxygen atoms in total. The molecule has 0 aliphatic rings. The lowest BCUT2D eigenvalue weighted by atomic mass is 10.1. The summed E-state index contributed by atoms with van der Waals surface area (Å²) in [6, 6.07) is 0. The van der Waals surface area contributed by atoms with Gasteiger partial charge >= 0.3 is 0 Å². The Kier molecular flexibility index (Phi) is 6.39. The Labute approximate surface area is 107 Å². The Hall–Kier alpha value is -0.0600. The quantitative estimate of drug-likeness (QED) is 0.810. The molecule has 1 atom stereocenters. The van der Waals surface area contributed by atoms with Crippen LogP contribution in [0, 0.1) is 0 Å². The second-order valence-electron chi connectivity index (χ2n) is 4.23. The van der Waals surface area contributed by atoms with Crippen molar-refractivity contribution < 1.29 is 0 Å². The zero-order chi connectivity index (χ0) is 12.0. The van der Waals surface area contributed by atoms with Gasteiger partial charge in [0, 0.05) is 23.6 Å². The zero-order valence-corrected chi connectivity index (χ0v) is 12.3. The molecule has 0 aliphatic heterocycles. The molecule has 1 aromatic heterocycles. The van der Waals surface area contributed by atoms with Crippen molar-refractivity contribution in [3.63, 3.8) is 0 Å². The van der Waals surface area contributed by atoms with Crippen LogP contribution in [0.25, 0.3) is 0 Å². The fourth-order valence-electron chi connectivity index (χ4n) is 1.32. The van der Waals surface area contributed by atoms with Gasteiger partial charge in [-0.3, -0.25) is 0 Å². The van der Waals surface area contributed by atoms with E-state index in [1.165, 1.54) is 10.7 Å². The third-order valence-electron chi connectivity index (χ3n) is 2.32. The highest BCUT2D eigenvalue weighted by Gasteiger charge is 2.09. The molecule has 1 rings (SSSR count). The number of aromatic nitrogens is 1. The van der Waals surface area contributed by atoms with Crippen LogP contribution in [0.3, 0.4) is 0 Å². The second-order valence-corrected chi connectivity index (χ2v) is 6.74. The van der Waals surface area contributed by atoms with E-state index in [0.717, 1.165) is 18.8 Å². The summed E-state index contributed by atoms with van der Waals surface area (Å²) >= 11 is 3.75. The molecular weight excluding hydrogens is 236 g/mol. The van der Waals surface area contributed by atoms with E-state index < -0.39 is 0 Å². The molecule has 1 aromatic rings. The zero-order valence-electron chi connectivity index (χ0n) is 10.6. The molecule has 0 saturated heterocycles. The number of likely N-dealkylation sites (N-methyl/N-ethyl adjacent to an activating group) is 1. The number of thioether (sulfide) groups is 1. The minimum Gasteiger partial charge on any atom is -0.316 e. The van der Waals surface area contributed by atoms with Gasteiger partial charge in [-0.2, -0.15) is 11.8 Å². The molecule has 1 unspecified atom stereocenters. The number of thiazole rings is 1. The summed E-state index contributed by atoms with van der Waals surface area (Å²) in [6.07, 6.45) is 0. The van der Waals surface area contributed by atoms with Crippen LogP contribution in [0.1, 0.15) is 44.3 Å². The van der Waals surface area contributed by atoms with Gasteiger partial charge in [0.2, 0.25) is 0 Å². The lowest BCUT2D eigenvalue weighted by molar-refractivity contribution is 0.624. The highest BCUT2D eigenvalue weighted by molar-refractivity contribution is 7.99. The van der Waals surface area contributed by atoms with E-state index in [9.17, 15) is 0 Å². The van der Waals surface area contributed by atoms with Crippen LogP contribution in [0.15, 0.2) is 5.38 Å². The predicted molar refractivity (Wildman–Crippen MR) is 75.5 cm³/mol. The van der Waals surface area contributed by atoms with Crippen LogP contribution in [-0.4, -0.2) is 23.3 Å². The lowest BCUT2D eigenvalue weighted by Gasteiger charge is -2.08. The first-order chi connectivity index (χ1) is 7.63. The van der Waals surface area contributed by atoms with Crippen molar-refractivity contribution >= 4 is 23.1 Å². The molecule has 0 saturated carbocycles. The number of nitrogens with one attached hydrogen (secondary N) is 1. The molecule has 1 heterocycles. The number of nitrogens with zero attached hydrogens (tertiary/aromatic N) is 1. The van der Waals surface area contributed by atoms with Crippen LogP contribution in [0.4, 0.5) is 0 Å². The van der Waals surface area contributed by atoms with Gasteiger partial charge in [0.05, 0.1) is 5.69 Å². The van der Waals surface area contributed by atoms with Gasteiger partial charge in [-0.15, -0.1) is 11.3 Å². The molecule has 16 heavy (non-hydrogen) atoms. The van der Waals surface area contributed by atoms with E-state index in [1.807, 2.05) is 11.8 Å². The molecule has 0 amide bonds. The second kappa shape index (κ2) is 7.30. The van der Waals surface area contributed by atoms with Crippen molar-refractivity contribution in [2.75, 3.05) is 13.1 Å². The summed E-state index contributed by atoms with van der Waals surface area (Å²) in [4.78, 5) is 4.69. The van der Waals surface area contributed by atoms with Gasteiger partial charge in [0.15, 0.2) is 0 Å². The predicted octanol–water partition coefficient (Wildman–Crippen LogP) is 3.50. The molecule has 0 spiro atoms. The highest BCUT2D eigenvalue weighted by atomic mass is 32.2. The average molecular weight is 258 g/mol. The van der Waals surface area contributed by atoms with Crippen molar-refractivity contribution in [2.24, 2.45) is 0 Å². The van der Waals surface area contributed by atoms with Crippen molar-refractivity contribution in [2.45, 2.75) is 44.6 Å². The summed E-state index contributed by atoms with van der Waals surface area (Å²) in [6.45, 7) is 10.9. The van der Waals surface area contributed by atoms with Crippen molar-refractivity contribution in [3.8, 4) is 0 Å². The third kappa shape index (κ3) is 4.85. The maximum absolute atomic E-state index is 4.69. The standard InChI is InChI=1S/C12H22N2S2/c1-5-13-6-10(4)11-7-16-12(14-11)8-15-9(2)3/h7,9-10,13H,5-6,8H2,1-4H3. The Morgan fingerprint density at radius 1 is 1.44 bits per heavy atom. The van der Waals surface area contributed by atoms with Crippen molar-refractivity contribution in [3.05, 3.63) is 16.1 Å². The fraction of sp³-hybridized carbons (Fsp3) is 0.750. The summed E-state index contributed by atoms with van der Waals surface area (Å²) in [5, 5.41) is 7.52. The average Bonchev–Trinajstić information content (AvgIpc) is 2.71. The van der Waals surface area contributed by atoms with Gasteiger partial charge in [-0.1, -0.05) is 27.7 Å². The van der Waals surface area contributed by atoms with Gasteiger partial charge in [0.1, 0.15) is 5.01 Å². The van der Waals surface area contributed by atoms with Gasteiger partial charge in [-0.05, 0) is 11.8 Å². The number of rotatable bonds is 7. The normalized spacial score (nSPS) is 13.3. The molecule has 1 N–H and O–H groups in total. The van der Waals surface area contributed by atoms with Gasteiger partial charge in [-0.25, -0.2) is 4.98 Å². The first-order valence-electron chi connectivity index (χ1n) is 5.90. The number of hydrogen-bond donors (Lipinski definition) is 1. The van der Waals surface area contributed by atoms with Crippen molar-refractivity contribution in [1.82, 2.24) is 10.3 Å². The highest BCUT2D eigenvalue weighted by Crippen LogP contribution is 2.23. The molecule has 0 radical (unpaired) electrons. The van der Waals surface area contributed by atoms with Gasteiger partial charge < -0.3 is 5.32 Å². The molecule has 92 valence electrons. The topological polar surface area (TPSA) is 24.9 Å². The van der Waals surface area contributed by atoms with Crippen LogP contribution < -0.4 is 5.32 Å². The molecule has 0 aromatic carbocycles. The Morgan fingerprint density at radius 3 is 2.81 bits per heavy atom. The Bertz CT molecular complexity index is 297. The molecule has 0 aliphatic carbocycles. The van der Waals surface area contributed by atoms with E-state index >= 15 is 0 Å². The molecule has 4 heteroatoms. The third-order valence-corrected chi connectivity index (χ3v) is 4.47. The van der Waals surface area contributed by atoms with E-state index in [-0.39, 0.29) is 0 Å². The maximum Gasteiger partial charge on any atom is 0.103 e. The largest absolute Gasteiger partial charge is 0.316 e. The lowest BCUT2D eigenvalue weighted by Crippen LogP contribution is -2.19. The van der Waals surface area contributed by atoms with E-state index in [2.05, 4.69) is 38.4 Å². The first kappa shape index (κ1) is 14.0. The summed E-state index contributed by atoms with van der Waals surface area (Å²) < 4.78 is 0. The Morgan fingerprint density at radius 2 is 2.19 bits per heavy atom. The smallest absolute Gasteiger partial charge is 0.103 e. The minimum atomic E-state index is 0.522. The minimum absolute atomic E-state index is 0.522. The first-order valence-corrected chi connectivity index (χ1v) is 7.83. The van der Waals surface area contributed by atoms with E-state index in [4.69, 9.17) is 4.98 Å². The van der Waals surface area contributed by atoms with Crippen LogP contribution >= 0.6 is 23.1 Å². The SMILES string of the molecule is CCNCC(C)c1csc(CSC(C)C)n1. The van der Waals surface area contributed by atoms with Crippen molar-refractivity contribution in [1.29, 1.82) is 0 Å².